The van der Waals surface area contributed by atoms with Gasteiger partial charge in [0.2, 0.25) is 0 Å². The van der Waals surface area contributed by atoms with Crippen LogP contribution in [0.5, 0.6) is 0 Å². The molecule has 0 aliphatic carbocycles. The standard InChI is InChI=1S/C15H10BrNO3/c16-14-7-5-13(20-14)6-8-15(18)19-10-12-3-1-11(9-17)2-4-12/h1-8H,10H2. The molecule has 4 nitrogen and oxygen atoms in total. The lowest BCUT2D eigenvalue weighted by Crippen LogP contribution is -2.00. The molecule has 0 fully saturated rings. The van der Waals surface area contributed by atoms with Crippen molar-refractivity contribution < 1.29 is 13.9 Å². The number of nitriles is 1. The molecule has 5 heteroatoms. The molecule has 0 saturated heterocycles. The Morgan fingerprint density at radius 3 is 2.65 bits per heavy atom. The minimum absolute atomic E-state index is 0.163. The van der Waals surface area contributed by atoms with Crippen LogP contribution in [0.25, 0.3) is 6.08 Å². The van der Waals surface area contributed by atoms with Crippen LogP contribution in [0, 0.1) is 11.3 Å². The number of hydrogen-bond acceptors (Lipinski definition) is 4. The first-order chi connectivity index (χ1) is 9.67. The van der Waals surface area contributed by atoms with Crippen LogP contribution in [0.4, 0.5) is 0 Å². The second-order valence-corrected chi connectivity index (χ2v) is 4.67. The Morgan fingerprint density at radius 1 is 1.30 bits per heavy atom. The van der Waals surface area contributed by atoms with Gasteiger partial charge in [-0.1, -0.05) is 12.1 Å². The molecule has 0 aliphatic rings. The first kappa shape index (κ1) is 14.1. The average molecular weight is 332 g/mol. The number of halogens is 1. The Labute approximate surface area is 124 Å². The first-order valence-corrected chi connectivity index (χ1v) is 6.56. The van der Waals surface area contributed by atoms with Gasteiger partial charge in [0.15, 0.2) is 4.67 Å². The molecule has 100 valence electrons. The third kappa shape index (κ3) is 4.11. The largest absolute Gasteiger partial charge is 0.458 e. The van der Waals surface area contributed by atoms with Gasteiger partial charge in [0.1, 0.15) is 12.4 Å². The molecule has 2 rings (SSSR count). The zero-order chi connectivity index (χ0) is 14.4. The third-order valence-corrected chi connectivity index (χ3v) is 2.87. The fraction of sp³-hybridized carbons (Fsp3) is 0.0667. The van der Waals surface area contributed by atoms with Crippen molar-refractivity contribution in [3.63, 3.8) is 0 Å². The molecule has 20 heavy (non-hydrogen) atoms. The predicted molar refractivity (Wildman–Crippen MR) is 76.4 cm³/mol. The summed E-state index contributed by atoms with van der Waals surface area (Å²) in [5, 5.41) is 8.67. The highest BCUT2D eigenvalue weighted by molar-refractivity contribution is 9.10. The zero-order valence-corrected chi connectivity index (χ0v) is 12.0. The Balaban J connectivity index is 1.85. The number of carbonyl (C=O) groups is 1. The van der Waals surface area contributed by atoms with E-state index < -0.39 is 5.97 Å². The molecule has 2 aromatic rings. The van der Waals surface area contributed by atoms with Crippen LogP contribution in [0.15, 0.2) is 51.6 Å². The van der Waals surface area contributed by atoms with Gasteiger partial charge >= 0.3 is 5.97 Å². The number of hydrogen-bond donors (Lipinski definition) is 0. The number of nitrogens with zero attached hydrogens (tertiary/aromatic N) is 1. The smallest absolute Gasteiger partial charge is 0.331 e. The van der Waals surface area contributed by atoms with Crippen molar-refractivity contribution in [1.29, 1.82) is 5.26 Å². The van der Waals surface area contributed by atoms with Crippen molar-refractivity contribution in [2.24, 2.45) is 0 Å². The predicted octanol–water partition coefficient (Wildman–Crippen LogP) is 3.67. The fourth-order valence-electron chi connectivity index (χ4n) is 1.45. The highest BCUT2D eigenvalue weighted by atomic mass is 79.9. The van der Waals surface area contributed by atoms with E-state index in [-0.39, 0.29) is 6.61 Å². The minimum atomic E-state index is -0.457. The molecule has 0 bridgehead atoms. The van der Waals surface area contributed by atoms with Crippen LogP contribution in [-0.2, 0) is 16.1 Å². The summed E-state index contributed by atoms with van der Waals surface area (Å²) in [6.07, 6.45) is 2.83. The van der Waals surface area contributed by atoms with Crippen LogP contribution < -0.4 is 0 Å². The highest BCUT2D eigenvalue weighted by Crippen LogP contribution is 2.15. The fourth-order valence-corrected chi connectivity index (χ4v) is 1.77. The maximum absolute atomic E-state index is 11.5. The summed E-state index contributed by atoms with van der Waals surface area (Å²) >= 11 is 3.17. The molecule has 0 radical (unpaired) electrons. The quantitative estimate of drug-likeness (QED) is 0.633. The minimum Gasteiger partial charge on any atom is -0.458 e. The Kier molecular flexibility index (Phi) is 4.75. The number of furan rings is 1. The van der Waals surface area contributed by atoms with E-state index in [2.05, 4.69) is 15.9 Å². The van der Waals surface area contributed by atoms with Gasteiger partial charge in [0, 0.05) is 6.08 Å². The van der Waals surface area contributed by atoms with Crippen molar-refractivity contribution in [2.75, 3.05) is 0 Å². The van der Waals surface area contributed by atoms with E-state index in [0.717, 1.165) is 5.56 Å². The van der Waals surface area contributed by atoms with Crippen LogP contribution in [0.3, 0.4) is 0 Å². The molecule has 1 heterocycles. The van der Waals surface area contributed by atoms with Gasteiger partial charge in [0.05, 0.1) is 11.6 Å². The van der Waals surface area contributed by atoms with E-state index in [4.69, 9.17) is 14.4 Å². The average Bonchev–Trinajstić information content (AvgIpc) is 2.89. The second kappa shape index (κ2) is 6.73. The third-order valence-electron chi connectivity index (χ3n) is 2.44. The van der Waals surface area contributed by atoms with Crippen molar-refractivity contribution in [3.05, 3.63) is 64.0 Å². The molecule has 0 unspecified atom stereocenters. The van der Waals surface area contributed by atoms with E-state index in [1.54, 1.807) is 36.4 Å². The number of esters is 1. The maximum Gasteiger partial charge on any atom is 0.331 e. The van der Waals surface area contributed by atoms with Crippen molar-refractivity contribution in [3.8, 4) is 6.07 Å². The number of ether oxygens (including phenoxy) is 1. The monoisotopic (exact) mass is 331 g/mol. The van der Waals surface area contributed by atoms with Gasteiger partial charge in [-0.25, -0.2) is 4.79 Å². The van der Waals surface area contributed by atoms with Crippen molar-refractivity contribution >= 4 is 28.0 Å². The Bertz CT molecular complexity index is 665. The topological polar surface area (TPSA) is 63.2 Å². The molecule has 0 N–H and O–H groups in total. The normalized spacial score (nSPS) is 10.4. The highest BCUT2D eigenvalue weighted by Gasteiger charge is 2.00. The SMILES string of the molecule is N#Cc1ccc(COC(=O)C=Cc2ccc(Br)o2)cc1. The molecule has 0 saturated carbocycles. The van der Waals surface area contributed by atoms with E-state index in [1.807, 2.05) is 6.07 Å². The van der Waals surface area contributed by atoms with E-state index >= 15 is 0 Å². The van der Waals surface area contributed by atoms with E-state index in [9.17, 15) is 4.79 Å². The number of carbonyl (C=O) groups excluding carboxylic acids is 1. The van der Waals surface area contributed by atoms with Crippen LogP contribution >= 0.6 is 15.9 Å². The van der Waals surface area contributed by atoms with Crippen LogP contribution in [0.1, 0.15) is 16.9 Å². The summed E-state index contributed by atoms with van der Waals surface area (Å²) in [4.78, 5) is 11.5. The molecule has 0 aliphatic heterocycles. The van der Waals surface area contributed by atoms with Crippen molar-refractivity contribution in [2.45, 2.75) is 6.61 Å². The van der Waals surface area contributed by atoms with Crippen LogP contribution in [0.2, 0.25) is 0 Å². The van der Waals surface area contributed by atoms with E-state index in [1.165, 1.54) is 12.2 Å². The lowest BCUT2D eigenvalue weighted by Gasteiger charge is -2.01. The summed E-state index contributed by atoms with van der Waals surface area (Å²) in [6.45, 7) is 0.163. The van der Waals surface area contributed by atoms with Gasteiger partial charge in [-0.15, -0.1) is 0 Å². The zero-order valence-electron chi connectivity index (χ0n) is 10.4. The molecular weight excluding hydrogens is 322 g/mol. The van der Waals surface area contributed by atoms with Gasteiger partial charge in [-0.2, -0.15) is 5.26 Å². The lowest BCUT2D eigenvalue weighted by molar-refractivity contribution is -0.138. The molecular formula is C15H10BrNO3. The molecule has 0 amide bonds. The van der Waals surface area contributed by atoms with Gasteiger partial charge < -0.3 is 9.15 Å². The lowest BCUT2D eigenvalue weighted by atomic mass is 10.2. The molecule has 0 atom stereocenters. The first-order valence-electron chi connectivity index (χ1n) is 5.76. The summed E-state index contributed by atoms with van der Waals surface area (Å²) < 4.78 is 10.9. The molecule has 1 aromatic heterocycles. The number of benzene rings is 1. The molecule has 0 spiro atoms. The Morgan fingerprint density at radius 2 is 2.05 bits per heavy atom. The summed E-state index contributed by atoms with van der Waals surface area (Å²) in [7, 11) is 0. The summed E-state index contributed by atoms with van der Waals surface area (Å²) in [5.74, 6) is 0.106. The maximum atomic E-state index is 11.5. The van der Waals surface area contributed by atoms with Crippen LogP contribution in [-0.4, -0.2) is 5.97 Å². The Hall–Kier alpha value is -2.32. The van der Waals surface area contributed by atoms with Gasteiger partial charge in [-0.05, 0) is 51.8 Å². The van der Waals surface area contributed by atoms with E-state index in [0.29, 0.717) is 16.0 Å². The summed E-state index contributed by atoms with van der Waals surface area (Å²) in [6, 6.07) is 12.4. The van der Waals surface area contributed by atoms with Gasteiger partial charge in [0.25, 0.3) is 0 Å². The molecule has 1 aromatic carbocycles. The number of rotatable bonds is 4. The second-order valence-electron chi connectivity index (χ2n) is 3.89. The summed E-state index contributed by atoms with van der Waals surface area (Å²) in [5.41, 5.74) is 1.40. The van der Waals surface area contributed by atoms with Gasteiger partial charge in [-0.3, -0.25) is 0 Å². The van der Waals surface area contributed by atoms with Crippen molar-refractivity contribution in [1.82, 2.24) is 0 Å².